The molecule has 0 aliphatic heterocycles. The van der Waals surface area contributed by atoms with Crippen LogP contribution in [0.3, 0.4) is 0 Å². The van der Waals surface area contributed by atoms with Crippen molar-refractivity contribution in [3.63, 3.8) is 0 Å². The Kier molecular flexibility index (Phi) is 6.98. The van der Waals surface area contributed by atoms with Crippen LogP contribution in [0, 0.1) is 6.92 Å². The third-order valence-corrected chi connectivity index (χ3v) is 4.52. The summed E-state index contributed by atoms with van der Waals surface area (Å²) in [7, 11) is 0. The highest BCUT2D eigenvalue weighted by Gasteiger charge is 2.14. The zero-order valence-corrected chi connectivity index (χ0v) is 16.4. The second-order valence-electron chi connectivity index (χ2n) is 6.69. The summed E-state index contributed by atoms with van der Waals surface area (Å²) in [5.41, 5.74) is 2.73. The first-order chi connectivity index (χ1) is 13.6. The highest BCUT2D eigenvalue weighted by Crippen LogP contribution is 2.21. The van der Waals surface area contributed by atoms with Crippen LogP contribution in [0.4, 0.5) is 0 Å². The van der Waals surface area contributed by atoms with Crippen molar-refractivity contribution >= 4 is 5.91 Å². The number of aromatic nitrogens is 1. The highest BCUT2D eigenvalue weighted by molar-refractivity contribution is 5.78. The lowest BCUT2D eigenvalue weighted by molar-refractivity contribution is -0.120. The zero-order valence-electron chi connectivity index (χ0n) is 16.4. The number of benzene rings is 2. The Bertz CT molecular complexity index is 875. The molecule has 5 heteroatoms. The number of nitrogens with one attached hydrogen (secondary N) is 1. The lowest BCUT2D eigenvalue weighted by atomic mass is 10.1. The number of hydrogen-bond donors (Lipinski definition) is 1. The molecule has 1 heterocycles. The van der Waals surface area contributed by atoms with Crippen molar-refractivity contribution in [2.45, 2.75) is 32.8 Å². The molecule has 28 heavy (non-hydrogen) atoms. The molecule has 1 atom stereocenters. The van der Waals surface area contributed by atoms with E-state index in [0.29, 0.717) is 30.5 Å². The Morgan fingerprint density at radius 2 is 1.79 bits per heavy atom. The Hall–Kier alpha value is -2.92. The van der Waals surface area contributed by atoms with Gasteiger partial charge in [-0.2, -0.15) is 0 Å². The van der Waals surface area contributed by atoms with Crippen LogP contribution in [-0.4, -0.2) is 24.0 Å². The van der Waals surface area contributed by atoms with E-state index in [4.69, 9.17) is 9.15 Å². The van der Waals surface area contributed by atoms with Gasteiger partial charge in [-0.1, -0.05) is 48.5 Å². The summed E-state index contributed by atoms with van der Waals surface area (Å²) < 4.78 is 11.5. The summed E-state index contributed by atoms with van der Waals surface area (Å²) in [5, 5.41) is 2.92. The van der Waals surface area contributed by atoms with Crippen molar-refractivity contribution in [1.29, 1.82) is 0 Å². The molecule has 1 aromatic heterocycles. The van der Waals surface area contributed by atoms with Crippen molar-refractivity contribution in [1.82, 2.24) is 10.3 Å². The predicted octanol–water partition coefficient (Wildman–Crippen LogP) is 4.48. The van der Waals surface area contributed by atoms with Gasteiger partial charge < -0.3 is 14.5 Å². The molecule has 0 aliphatic carbocycles. The van der Waals surface area contributed by atoms with Gasteiger partial charge in [-0.3, -0.25) is 4.79 Å². The van der Waals surface area contributed by atoms with Gasteiger partial charge in [0.15, 0.2) is 0 Å². The van der Waals surface area contributed by atoms with E-state index in [-0.39, 0.29) is 18.4 Å². The van der Waals surface area contributed by atoms with Crippen LogP contribution in [-0.2, 0) is 16.0 Å². The molecular formula is C23H26N2O3. The van der Waals surface area contributed by atoms with Gasteiger partial charge in [0.25, 0.3) is 0 Å². The summed E-state index contributed by atoms with van der Waals surface area (Å²) in [6.07, 6.45) is 1.02. The molecule has 146 valence electrons. The molecule has 1 N–H and O–H groups in total. The monoisotopic (exact) mass is 378 g/mol. The van der Waals surface area contributed by atoms with E-state index in [2.05, 4.69) is 22.4 Å². The molecule has 0 spiro atoms. The van der Waals surface area contributed by atoms with Crippen LogP contribution >= 0.6 is 0 Å². The molecule has 3 rings (SSSR count). The van der Waals surface area contributed by atoms with Crippen molar-refractivity contribution in [2.24, 2.45) is 0 Å². The topological polar surface area (TPSA) is 64.4 Å². The van der Waals surface area contributed by atoms with Crippen LogP contribution < -0.4 is 5.32 Å². The lowest BCUT2D eigenvalue weighted by Crippen LogP contribution is -2.27. The molecule has 1 unspecified atom stereocenters. The number of carbonyl (C=O) groups excluding carboxylic acids is 1. The summed E-state index contributed by atoms with van der Waals surface area (Å²) in [5.74, 6) is 1.16. The first-order valence-electron chi connectivity index (χ1n) is 9.58. The van der Waals surface area contributed by atoms with Gasteiger partial charge in [-0.25, -0.2) is 4.98 Å². The standard InChI is InChI=1S/C23H26N2O3/c1-17(19-10-5-3-6-11-19)27-15-9-14-24-22(26)16-21-18(2)28-23(25-21)20-12-7-4-8-13-20/h3-8,10-13,17H,9,14-16H2,1-2H3,(H,24,26). The number of oxazole rings is 1. The average molecular weight is 378 g/mol. The minimum absolute atomic E-state index is 0.0473. The fourth-order valence-electron chi connectivity index (χ4n) is 2.89. The van der Waals surface area contributed by atoms with Gasteiger partial charge in [0, 0.05) is 18.7 Å². The third kappa shape index (κ3) is 5.54. The van der Waals surface area contributed by atoms with Crippen molar-refractivity contribution < 1.29 is 13.9 Å². The minimum atomic E-state index is -0.0629. The highest BCUT2D eigenvalue weighted by atomic mass is 16.5. The van der Waals surface area contributed by atoms with Gasteiger partial charge in [-0.05, 0) is 38.0 Å². The van der Waals surface area contributed by atoms with E-state index in [1.165, 1.54) is 0 Å². The van der Waals surface area contributed by atoms with Gasteiger partial charge in [0.2, 0.25) is 11.8 Å². The number of ether oxygens (including phenoxy) is 1. The average Bonchev–Trinajstić information content (AvgIpc) is 3.09. The number of carbonyl (C=O) groups is 1. The molecule has 0 aliphatic rings. The molecule has 0 bridgehead atoms. The summed E-state index contributed by atoms with van der Waals surface area (Å²) in [6, 6.07) is 19.8. The van der Waals surface area contributed by atoms with E-state index in [1.54, 1.807) is 0 Å². The molecule has 0 saturated heterocycles. The van der Waals surface area contributed by atoms with E-state index >= 15 is 0 Å². The minimum Gasteiger partial charge on any atom is -0.441 e. The number of hydrogen-bond acceptors (Lipinski definition) is 4. The summed E-state index contributed by atoms with van der Waals surface area (Å²) >= 11 is 0. The summed E-state index contributed by atoms with van der Waals surface area (Å²) in [4.78, 5) is 16.7. The Labute approximate surface area is 165 Å². The molecule has 3 aromatic rings. The van der Waals surface area contributed by atoms with Crippen LogP contribution in [0.2, 0.25) is 0 Å². The predicted molar refractivity (Wildman–Crippen MR) is 109 cm³/mol. The zero-order chi connectivity index (χ0) is 19.8. The first kappa shape index (κ1) is 19.8. The Morgan fingerprint density at radius 1 is 1.11 bits per heavy atom. The van der Waals surface area contributed by atoms with E-state index in [0.717, 1.165) is 17.5 Å². The lowest BCUT2D eigenvalue weighted by Gasteiger charge is -2.13. The smallest absolute Gasteiger partial charge is 0.226 e. The van der Waals surface area contributed by atoms with Crippen LogP contribution in [0.25, 0.3) is 11.5 Å². The van der Waals surface area contributed by atoms with E-state index < -0.39 is 0 Å². The molecule has 1 amide bonds. The number of nitrogens with zero attached hydrogens (tertiary/aromatic N) is 1. The van der Waals surface area contributed by atoms with E-state index in [1.807, 2.05) is 62.4 Å². The second kappa shape index (κ2) is 9.85. The SMILES string of the molecule is Cc1oc(-c2ccccc2)nc1CC(=O)NCCCOC(C)c1ccccc1. The van der Waals surface area contributed by atoms with Crippen LogP contribution in [0.15, 0.2) is 65.1 Å². The first-order valence-corrected chi connectivity index (χ1v) is 9.58. The number of aryl methyl sites for hydroxylation is 1. The summed E-state index contributed by atoms with van der Waals surface area (Å²) in [6.45, 7) is 5.03. The quantitative estimate of drug-likeness (QED) is 0.558. The maximum atomic E-state index is 12.2. The van der Waals surface area contributed by atoms with Gasteiger partial charge >= 0.3 is 0 Å². The van der Waals surface area contributed by atoms with E-state index in [9.17, 15) is 4.79 Å². The normalized spacial score (nSPS) is 11.9. The maximum absolute atomic E-state index is 12.2. The van der Waals surface area contributed by atoms with Gasteiger partial charge in [-0.15, -0.1) is 0 Å². The maximum Gasteiger partial charge on any atom is 0.226 e. The largest absolute Gasteiger partial charge is 0.441 e. The van der Waals surface area contributed by atoms with Crippen molar-refractivity contribution in [3.05, 3.63) is 77.7 Å². The number of rotatable bonds is 9. The Morgan fingerprint density at radius 3 is 2.50 bits per heavy atom. The van der Waals surface area contributed by atoms with Crippen molar-refractivity contribution in [3.8, 4) is 11.5 Å². The molecule has 2 aromatic carbocycles. The Balaban J connectivity index is 1.40. The number of amides is 1. The molecular weight excluding hydrogens is 352 g/mol. The molecule has 0 saturated carbocycles. The van der Waals surface area contributed by atoms with Crippen LogP contribution in [0.5, 0.6) is 0 Å². The fourth-order valence-corrected chi connectivity index (χ4v) is 2.89. The second-order valence-corrected chi connectivity index (χ2v) is 6.69. The molecule has 0 fully saturated rings. The van der Waals surface area contributed by atoms with Crippen LogP contribution in [0.1, 0.15) is 36.5 Å². The van der Waals surface area contributed by atoms with Crippen molar-refractivity contribution in [2.75, 3.05) is 13.2 Å². The van der Waals surface area contributed by atoms with Gasteiger partial charge in [0.1, 0.15) is 5.76 Å². The van der Waals surface area contributed by atoms with Gasteiger partial charge in [0.05, 0.1) is 18.2 Å². The molecule has 5 nitrogen and oxygen atoms in total. The fraction of sp³-hybridized carbons (Fsp3) is 0.304. The third-order valence-electron chi connectivity index (χ3n) is 4.52. The molecule has 0 radical (unpaired) electrons.